The van der Waals surface area contributed by atoms with Crippen LogP contribution in [0.2, 0.25) is 0 Å². The Bertz CT molecular complexity index is 1020. The van der Waals surface area contributed by atoms with Gasteiger partial charge in [-0.2, -0.15) is 0 Å². The van der Waals surface area contributed by atoms with Crippen LogP contribution in [0.1, 0.15) is 53.6 Å². The molecule has 0 aliphatic heterocycles. The Morgan fingerprint density at radius 3 is 1.58 bits per heavy atom. The van der Waals surface area contributed by atoms with Gasteiger partial charge in [-0.25, -0.2) is 0 Å². The van der Waals surface area contributed by atoms with Gasteiger partial charge in [0.05, 0.1) is 5.41 Å². The van der Waals surface area contributed by atoms with Crippen LogP contribution in [0.5, 0.6) is 0 Å². The molecule has 0 saturated heterocycles. The van der Waals surface area contributed by atoms with E-state index in [1.165, 1.54) is 39.0 Å². The fraction of sp³-hybridized carbons (Fsp3) is 0.290. The zero-order valence-electron chi connectivity index (χ0n) is 19.5. The Morgan fingerprint density at radius 2 is 1.19 bits per heavy atom. The second kappa shape index (κ2) is 8.71. The van der Waals surface area contributed by atoms with Crippen LogP contribution >= 0.6 is 0 Å². The summed E-state index contributed by atoms with van der Waals surface area (Å²) in [5, 5.41) is 0. The van der Waals surface area contributed by atoms with Crippen LogP contribution < -0.4 is 0 Å². The number of hydrogen-bond acceptors (Lipinski definition) is 0. The lowest BCUT2D eigenvalue weighted by Crippen LogP contribution is -2.38. The van der Waals surface area contributed by atoms with E-state index in [2.05, 4.69) is 126 Å². The van der Waals surface area contributed by atoms with Crippen molar-refractivity contribution in [3.05, 3.63) is 130 Å². The number of rotatable bonds is 6. The first-order valence-corrected chi connectivity index (χ1v) is 11.6. The highest BCUT2D eigenvalue weighted by molar-refractivity contribution is 5.58. The van der Waals surface area contributed by atoms with Crippen LogP contribution in [0, 0.1) is 32.6 Å². The molecule has 31 heavy (non-hydrogen) atoms. The van der Waals surface area contributed by atoms with E-state index in [1.54, 1.807) is 0 Å². The lowest BCUT2D eigenvalue weighted by molar-refractivity contribution is 0.457. The van der Waals surface area contributed by atoms with Crippen molar-refractivity contribution in [2.45, 2.75) is 46.5 Å². The molecule has 0 aromatic heterocycles. The van der Waals surface area contributed by atoms with Gasteiger partial charge in [-0.15, -0.1) is 0 Å². The molecule has 0 spiro atoms. The van der Waals surface area contributed by atoms with Crippen molar-refractivity contribution in [3.63, 3.8) is 0 Å². The predicted octanol–water partition coefficient (Wildman–Crippen LogP) is 8.10. The molecule has 4 rings (SSSR count). The number of hydrogen-bond donors (Lipinski definition) is 0. The first-order valence-electron chi connectivity index (χ1n) is 11.6. The second-order valence-electron chi connectivity index (χ2n) is 9.25. The van der Waals surface area contributed by atoms with E-state index in [1.807, 2.05) is 0 Å². The van der Waals surface area contributed by atoms with E-state index in [-0.39, 0.29) is 11.3 Å². The minimum atomic E-state index is -0.272. The standard InChI is InChI=1S/C31H34/c1-6-25(5)29-17-10-18-30(29)31(26-14-7-11-22(2)19-26,27-15-8-12-23(3)20-27)28-16-9-13-24(4)21-28/h7-21,25,30H,6H2,1-5H3. The Morgan fingerprint density at radius 1 is 0.742 bits per heavy atom. The van der Waals surface area contributed by atoms with Gasteiger partial charge in [0.2, 0.25) is 0 Å². The van der Waals surface area contributed by atoms with E-state index in [4.69, 9.17) is 0 Å². The van der Waals surface area contributed by atoms with Gasteiger partial charge in [0.1, 0.15) is 0 Å². The quantitative estimate of drug-likeness (QED) is 0.363. The summed E-state index contributed by atoms with van der Waals surface area (Å²) in [5.41, 5.74) is 9.28. The summed E-state index contributed by atoms with van der Waals surface area (Å²) < 4.78 is 0. The fourth-order valence-electron chi connectivity index (χ4n) is 5.30. The summed E-state index contributed by atoms with van der Waals surface area (Å²) in [6.45, 7) is 11.3. The van der Waals surface area contributed by atoms with Crippen LogP contribution in [-0.2, 0) is 5.41 Å². The third-order valence-corrected chi connectivity index (χ3v) is 7.02. The van der Waals surface area contributed by atoms with Crippen molar-refractivity contribution in [2.24, 2.45) is 11.8 Å². The molecule has 0 heteroatoms. The molecule has 2 atom stereocenters. The van der Waals surface area contributed by atoms with E-state index >= 15 is 0 Å². The van der Waals surface area contributed by atoms with Gasteiger partial charge in [-0.1, -0.05) is 127 Å². The smallest absolute Gasteiger partial charge is 0.0551 e. The van der Waals surface area contributed by atoms with Crippen molar-refractivity contribution in [1.82, 2.24) is 0 Å². The highest BCUT2D eigenvalue weighted by atomic mass is 14.5. The van der Waals surface area contributed by atoms with Gasteiger partial charge in [-0.3, -0.25) is 0 Å². The zero-order valence-corrected chi connectivity index (χ0v) is 19.5. The van der Waals surface area contributed by atoms with Gasteiger partial charge >= 0.3 is 0 Å². The van der Waals surface area contributed by atoms with Gasteiger partial charge in [0.15, 0.2) is 0 Å². The van der Waals surface area contributed by atoms with E-state index in [9.17, 15) is 0 Å². The van der Waals surface area contributed by atoms with Gasteiger partial charge in [0.25, 0.3) is 0 Å². The molecule has 1 aliphatic carbocycles. The first-order chi connectivity index (χ1) is 15.0. The monoisotopic (exact) mass is 406 g/mol. The highest BCUT2D eigenvalue weighted by Gasteiger charge is 2.45. The largest absolute Gasteiger partial charge is 0.0758 e. The molecule has 0 amide bonds. The van der Waals surface area contributed by atoms with Gasteiger partial charge in [-0.05, 0) is 49.8 Å². The van der Waals surface area contributed by atoms with Crippen molar-refractivity contribution < 1.29 is 0 Å². The van der Waals surface area contributed by atoms with E-state index in [0.29, 0.717) is 5.92 Å². The Balaban J connectivity index is 2.12. The maximum absolute atomic E-state index is 2.44. The molecule has 0 heterocycles. The molecule has 3 aromatic carbocycles. The van der Waals surface area contributed by atoms with Crippen molar-refractivity contribution >= 4 is 0 Å². The molecule has 0 fully saturated rings. The molecule has 158 valence electrons. The summed E-state index contributed by atoms with van der Waals surface area (Å²) in [5.74, 6) is 0.826. The Hall–Kier alpha value is -2.86. The third-order valence-electron chi connectivity index (χ3n) is 7.02. The maximum Gasteiger partial charge on any atom is 0.0551 e. The summed E-state index contributed by atoms with van der Waals surface area (Å²) in [4.78, 5) is 0. The molecule has 0 bridgehead atoms. The molecular weight excluding hydrogens is 372 g/mol. The Kier molecular flexibility index (Phi) is 6.01. The summed E-state index contributed by atoms with van der Waals surface area (Å²) >= 11 is 0. The topological polar surface area (TPSA) is 0 Å². The molecule has 3 aromatic rings. The molecule has 0 saturated carbocycles. The lowest BCUT2D eigenvalue weighted by Gasteiger charge is -2.43. The van der Waals surface area contributed by atoms with Crippen LogP contribution in [-0.4, -0.2) is 0 Å². The van der Waals surface area contributed by atoms with E-state index in [0.717, 1.165) is 6.42 Å². The van der Waals surface area contributed by atoms with Crippen LogP contribution in [0.25, 0.3) is 0 Å². The average Bonchev–Trinajstić information content (AvgIpc) is 3.24. The van der Waals surface area contributed by atoms with Crippen LogP contribution in [0.4, 0.5) is 0 Å². The van der Waals surface area contributed by atoms with Gasteiger partial charge in [0, 0.05) is 5.92 Å². The molecule has 0 nitrogen and oxygen atoms in total. The third kappa shape index (κ3) is 3.81. The van der Waals surface area contributed by atoms with E-state index < -0.39 is 0 Å². The normalized spacial score (nSPS) is 16.9. The average molecular weight is 407 g/mol. The molecule has 0 radical (unpaired) electrons. The molecular formula is C31H34. The SMILES string of the molecule is CCC(C)C1=CC=CC1C(c1cccc(C)c1)(c1cccc(C)c1)c1cccc(C)c1. The Labute approximate surface area is 188 Å². The number of benzene rings is 3. The summed E-state index contributed by atoms with van der Waals surface area (Å²) in [7, 11) is 0. The molecule has 0 N–H and O–H groups in total. The van der Waals surface area contributed by atoms with Crippen LogP contribution in [0.15, 0.2) is 96.6 Å². The number of allylic oxidation sites excluding steroid dienone is 4. The lowest BCUT2D eigenvalue weighted by atomic mass is 9.59. The summed E-state index contributed by atoms with van der Waals surface area (Å²) in [6, 6.07) is 27.4. The van der Waals surface area contributed by atoms with Crippen molar-refractivity contribution in [3.8, 4) is 0 Å². The number of aryl methyl sites for hydroxylation is 3. The zero-order chi connectivity index (χ0) is 22.0. The highest BCUT2D eigenvalue weighted by Crippen LogP contribution is 2.52. The molecule has 2 unspecified atom stereocenters. The summed E-state index contributed by atoms with van der Waals surface area (Å²) in [6.07, 6.45) is 8.24. The first kappa shape index (κ1) is 21.4. The van der Waals surface area contributed by atoms with Crippen molar-refractivity contribution in [1.29, 1.82) is 0 Å². The fourth-order valence-corrected chi connectivity index (χ4v) is 5.30. The molecule has 1 aliphatic rings. The maximum atomic E-state index is 2.44. The van der Waals surface area contributed by atoms with Gasteiger partial charge < -0.3 is 0 Å². The predicted molar refractivity (Wildman–Crippen MR) is 134 cm³/mol. The van der Waals surface area contributed by atoms with Crippen molar-refractivity contribution in [2.75, 3.05) is 0 Å². The minimum absolute atomic E-state index is 0.272. The van der Waals surface area contributed by atoms with Crippen LogP contribution in [0.3, 0.4) is 0 Å². The minimum Gasteiger partial charge on any atom is -0.0758 e. The second-order valence-corrected chi connectivity index (χ2v) is 9.25.